The van der Waals surface area contributed by atoms with Gasteiger partial charge in [-0.05, 0) is 24.7 Å². The van der Waals surface area contributed by atoms with Gasteiger partial charge in [-0.15, -0.1) is 0 Å². The van der Waals surface area contributed by atoms with Crippen LogP contribution >= 0.6 is 0 Å². The molecule has 1 heterocycles. The summed E-state index contributed by atoms with van der Waals surface area (Å²) < 4.78 is 1.30. The van der Waals surface area contributed by atoms with Gasteiger partial charge in [-0.25, -0.2) is 0 Å². The lowest BCUT2D eigenvalue weighted by Crippen LogP contribution is -2.46. The van der Waals surface area contributed by atoms with E-state index in [0.717, 1.165) is 19.0 Å². The number of hydrogen-bond donors (Lipinski definition) is 1. The maximum atomic E-state index is 12.0. The fourth-order valence-corrected chi connectivity index (χ4v) is 2.88. The maximum absolute atomic E-state index is 12.0. The normalized spacial score (nSPS) is 26.2. The number of nitrogens with one attached hydrogen (secondary N) is 1. The van der Waals surface area contributed by atoms with Gasteiger partial charge in [0.25, 0.3) is 0 Å². The van der Waals surface area contributed by atoms with E-state index in [0.29, 0.717) is 11.8 Å². The molecule has 7 heteroatoms. The first-order valence-electron chi connectivity index (χ1n) is 6.93. The highest BCUT2D eigenvalue weighted by Gasteiger charge is 2.28. The zero-order valence-electron chi connectivity index (χ0n) is 11.8. The van der Waals surface area contributed by atoms with E-state index in [-0.39, 0.29) is 24.2 Å². The smallest absolute Gasteiger partial charge is 0.307 e. The summed E-state index contributed by atoms with van der Waals surface area (Å²) in [7, 11) is 0. The van der Waals surface area contributed by atoms with Crippen LogP contribution in [0.15, 0.2) is 12.4 Å². The summed E-state index contributed by atoms with van der Waals surface area (Å²) in [4.78, 5) is 22.0. The number of rotatable bonds is 4. The lowest BCUT2D eigenvalue weighted by molar-refractivity contribution is -0.385. The van der Waals surface area contributed by atoms with E-state index in [4.69, 9.17) is 0 Å². The predicted molar refractivity (Wildman–Crippen MR) is 73.0 cm³/mol. The Kier molecular flexibility index (Phi) is 4.36. The van der Waals surface area contributed by atoms with Crippen LogP contribution in [0.4, 0.5) is 5.69 Å². The van der Waals surface area contributed by atoms with Crippen LogP contribution in [0.2, 0.25) is 0 Å². The predicted octanol–water partition coefficient (Wildman–Crippen LogP) is 1.73. The van der Waals surface area contributed by atoms with Gasteiger partial charge in [-0.1, -0.05) is 20.3 Å². The first-order valence-corrected chi connectivity index (χ1v) is 6.93. The molecular formula is C13H20N4O3. The Morgan fingerprint density at radius 2 is 2.15 bits per heavy atom. The monoisotopic (exact) mass is 280 g/mol. The number of carbonyl (C=O) groups excluding carboxylic acids is 1. The topological polar surface area (TPSA) is 90.1 Å². The second kappa shape index (κ2) is 6.02. The molecule has 1 aromatic rings. The van der Waals surface area contributed by atoms with Crippen molar-refractivity contribution in [1.82, 2.24) is 15.1 Å². The Morgan fingerprint density at radius 1 is 1.50 bits per heavy atom. The molecule has 0 aromatic carbocycles. The van der Waals surface area contributed by atoms with Gasteiger partial charge in [-0.3, -0.25) is 19.6 Å². The fourth-order valence-electron chi connectivity index (χ4n) is 2.88. The van der Waals surface area contributed by atoms with Crippen molar-refractivity contribution in [2.24, 2.45) is 11.8 Å². The quantitative estimate of drug-likeness (QED) is 0.671. The van der Waals surface area contributed by atoms with Crippen molar-refractivity contribution >= 4 is 11.6 Å². The average Bonchev–Trinajstić information content (AvgIpc) is 2.82. The molecule has 1 amide bonds. The molecule has 0 saturated heterocycles. The Labute approximate surface area is 117 Å². The van der Waals surface area contributed by atoms with E-state index >= 15 is 0 Å². The molecule has 1 N–H and O–H groups in total. The van der Waals surface area contributed by atoms with Crippen molar-refractivity contribution in [3.8, 4) is 0 Å². The molecule has 7 nitrogen and oxygen atoms in total. The molecule has 0 aliphatic heterocycles. The minimum absolute atomic E-state index is 0.0176. The van der Waals surface area contributed by atoms with Gasteiger partial charge in [0.15, 0.2) is 0 Å². The molecule has 1 aliphatic carbocycles. The molecule has 1 aromatic heterocycles. The molecule has 0 bridgehead atoms. The van der Waals surface area contributed by atoms with Gasteiger partial charge in [0.05, 0.1) is 4.92 Å². The molecule has 1 saturated carbocycles. The first kappa shape index (κ1) is 14.5. The third-order valence-corrected chi connectivity index (χ3v) is 4.01. The van der Waals surface area contributed by atoms with Gasteiger partial charge in [0, 0.05) is 6.04 Å². The summed E-state index contributed by atoms with van der Waals surface area (Å²) in [5.41, 5.74) is -0.0998. The second-order valence-corrected chi connectivity index (χ2v) is 5.63. The van der Waals surface area contributed by atoms with Crippen LogP contribution in [0.3, 0.4) is 0 Å². The minimum Gasteiger partial charge on any atom is -0.351 e. The number of aromatic nitrogens is 2. The molecular weight excluding hydrogens is 260 g/mol. The summed E-state index contributed by atoms with van der Waals surface area (Å²) in [5, 5.41) is 17.4. The summed E-state index contributed by atoms with van der Waals surface area (Å²) in [6, 6.07) is 0.182. The van der Waals surface area contributed by atoms with Crippen LogP contribution in [0.25, 0.3) is 0 Å². The van der Waals surface area contributed by atoms with Crippen LogP contribution in [0.5, 0.6) is 0 Å². The van der Waals surface area contributed by atoms with Crippen LogP contribution in [-0.4, -0.2) is 26.7 Å². The van der Waals surface area contributed by atoms with Crippen LogP contribution in [-0.2, 0) is 11.3 Å². The third-order valence-electron chi connectivity index (χ3n) is 4.01. The lowest BCUT2D eigenvalue weighted by Gasteiger charge is -2.35. The Hall–Kier alpha value is -1.92. The highest BCUT2D eigenvalue weighted by atomic mass is 16.6. The van der Waals surface area contributed by atoms with Gasteiger partial charge >= 0.3 is 5.69 Å². The average molecular weight is 280 g/mol. The molecule has 110 valence electrons. The summed E-state index contributed by atoms with van der Waals surface area (Å²) in [6.07, 6.45) is 5.89. The van der Waals surface area contributed by atoms with E-state index in [2.05, 4.69) is 24.3 Å². The Bertz CT molecular complexity index is 490. The minimum atomic E-state index is -0.521. The molecule has 0 spiro atoms. The zero-order chi connectivity index (χ0) is 14.7. The summed E-state index contributed by atoms with van der Waals surface area (Å²) in [5.74, 6) is 0.790. The van der Waals surface area contributed by atoms with Gasteiger partial charge in [0.2, 0.25) is 5.91 Å². The first-order chi connectivity index (χ1) is 9.47. The van der Waals surface area contributed by atoms with Gasteiger partial charge in [-0.2, -0.15) is 5.10 Å². The lowest BCUT2D eigenvalue weighted by atomic mass is 9.79. The third kappa shape index (κ3) is 3.34. The molecule has 2 unspecified atom stereocenters. The van der Waals surface area contributed by atoms with Gasteiger partial charge < -0.3 is 5.32 Å². The van der Waals surface area contributed by atoms with E-state index < -0.39 is 4.92 Å². The van der Waals surface area contributed by atoms with Crippen molar-refractivity contribution in [1.29, 1.82) is 0 Å². The summed E-state index contributed by atoms with van der Waals surface area (Å²) in [6.45, 7) is 4.32. The fraction of sp³-hybridized carbons (Fsp3) is 0.692. The molecule has 20 heavy (non-hydrogen) atoms. The van der Waals surface area contributed by atoms with Gasteiger partial charge in [0.1, 0.15) is 18.9 Å². The number of amides is 1. The van der Waals surface area contributed by atoms with Crippen molar-refractivity contribution in [2.45, 2.75) is 45.7 Å². The van der Waals surface area contributed by atoms with Crippen molar-refractivity contribution in [3.63, 3.8) is 0 Å². The number of nitro groups is 1. The van der Waals surface area contributed by atoms with Crippen LogP contribution in [0, 0.1) is 22.0 Å². The standard InChI is InChI=1S/C13H20N4O3/c1-9-4-3-5-10(2)13(9)15-12(18)8-16-7-11(6-14-16)17(19)20/h6-7,9-10,13H,3-5,8H2,1-2H3,(H,15,18). The second-order valence-electron chi connectivity index (χ2n) is 5.63. The SMILES string of the molecule is CC1CCCC(C)C1NC(=O)Cn1cc([N+](=O)[O-])cn1. The molecule has 1 fully saturated rings. The van der Waals surface area contributed by atoms with Crippen molar-refractivity contribution < 1.29 is 9.72 Å². The van der Waals surface area contributed by atoms with Crippen molar-refractivity contribution in [3.05, 3.63) is 22.5 Å². The molecule has 2 rings (SSSR count). The number of nitrogens with zero attached hydrogens (tertiary/aromatic N) is 3. The van der Waals surface area contributed by atoms with E-state index in [1.54, 1.807) is 0 Å². The largest absolute Gasteiger partial charge is 0.351 e. The zero-order valence-corrected chi connectivity index (χ0v) is 11.8. The Balaban J connectivity index is 1.92. The molecule has 1 aliphatic rings. The highest BCUT2D eigenvalue weighted by molar-refractivity contribution is 5.76. The number of carbonyl (C=O) groups is 1. The summed E-state index contributed by atoms with van der Waals surface area (Å²) >= 11 is 0. The van der Waals surface area contributed by atoms with E-state index in [1.165, 1.54) is 17.3 Å². The Morgan fingerprint density at radius 3 is 2.70 bits per heavy atom. The molecule has 2 atom stereocenters. The number of hydrogen-bond acceptors (Lipinski definition) is 4. The van der Waals surface area contributed by atoms with Crippen LogP contribution in [0.1, 0.15) is 33.1 Å². The maximum Gasteiger partial charge on any atom is 0.307 e. The van der Waals surface area contributed by atoms with E-state index in [1.807, 2.05) is 0 Å². The molecule has 0 radical (unpaired) electrons. The highest BCUT2D eigenvalue weighted by Crippen LogP contribution is 2.28. The van der Waals surface area contributed by atoms with Crippen molar-refractivity contribution in [2.75, 3.05) is 0 Å². The van der Waals surface area contributed by atoms with E-state index in [9.17, 15) is 14.9 Å². The van der Waals surface area contributed by atoms with Crippen LogP contribution < -0.4 is 5.32 Å².